The molecule has 0 amide bonds. The Morgan fingerprint density at radius 2 is 2.06 bits per heavy atom. The number of methoxy groups -OCH3 is 1. The summed E-state index contributed by atoms with van der Waals surface area (Å²) in [4.78, 5) is 0. The van der Waals surface area contributed by atoms with Gasteiger partial charge in [0.05, 0.1) is 7.11 Å². The van der Waals surface area contributed by atoms with E-state index >= 15 is 0 Å². The summed E-state index contributed by atoms with van der Waals surface area (Å²) < 4.78 is 5.30. The van der Waals surface area contributed by atoms with E-state index in [4.69, 9.17) is 4.74 Å². The highest BCUT2D eigenvalue weighted by atomic mass is 16.5. The van der Waals surface area contributed by atoms with Gasteiger partial charge in [-0.2, -0.15) is 0 Å². The van der Waals surface area contributed by atoms with Crippen LogP contribution in [0.5, 0.6) is 5.75 Å². The fourth-order valence-electron chi connectivity index (χ4n) is 2.11. The smallest absolute Gasteiger partial charge is 0.121 e. The van der Waals surface area contributed by atoms with Gasteiger partial charge in [-0.25, -0.2) is 0 Å². The van der Waals surface area contributed by atoms with Crippen molar-refractivity contribution in [3.8, 4) is 5.75 Å². The van der Waals surface area contributed by atoms with Crippen LogP contribution in [0.3, 0.4) is 0 Å². The molecule has 0 radical (unpaired) electrons. The third-order valence-corrected chi connectivity index (χ3v) is 3.50. The highest BCUT2D eigenvalue weighted by Crippen LogP contribution is 2.26. The summed E-state index contributed by atoms with van der Waals surface area (Å²) in [6.07, 6.45) is 2.41. The van der Waals surface area contributed by atoms with Gasteiger partial charge in [-0.15, -0.1) is 0 Å². The average molecular weight is 235 g/mol. The van der Waals surface area contributed by atoms with Gasteiger partial charge in [0.15, 0.2) is 0 Å². The molecule has 0 aromatic heterocycles. The second-order valence-electron chi connectivity index (χ2n) is 4.82. The summed E-state index contributed by atoms with van der Waals surface area (Å²) in [5.41, 5.74) is 2.56. The molecule has 0 fully saturated rings. The van der Waals surface area contributed by atoms with Gasteiger partial charge in [0, 0.05) is 6.04 Å². The van der Waals surface area contributed by atoms with E-state index in [1.54, 1.807) is 7.11 Å². The first-order chi connectivity index (χ1) is 8.12. The Hall–Kier alpha value is -1.02. The number of hydrogen-bond donors (Lipinski definition) is 1. The monoisotopic (exact) mass is 235 g/mol. The zero-order valence-electron chi connectivity index (χ0n) is 11.7. The number of benzene rings is 1. The molecule has 0 saturated carbocycles. The summed E-state index contributed by atoms with van der Waals surface area (Å²) >= 11 is 0. The fraction of sp³-hybridized carbons (Fsp3) is 0.600. The molecule has 17 heavy (non-hydrogen) atoms. The zero-order chi connectivity index (χ0) is 12.8. The van der Waals surface area contributed by atoms with E-state index in [1.807, 2.05) is 7.05 Å². The number of ether oxygens (including phenoxy) is 1. The first-order valence-corrected chi connectivity index (χ1v) is 6.44. The van der Waals surface area contributed by atoms with E-state index in [-0.39, 0.29) is 0 Å². The molecule has 1 aromatic rings. The van der Waals surface area contributed by atoms with Crippen LogP contribution in [0, 0.1) is 12.8 Å². The molecule has 1 rings (SSSR count). The molecule has 0 aliphatic rings. The second kappa shape index (κ2) is 6.65. The summed E-state index contributed by atoms with van der Waals surface area (Å²) in [6.45, 7) is 6.65. The Kier molecular flexibility index (Phi) is 5.49. The molecule has 2 heteroatoms. The SMILES string of the molecule is CCC(C)CC(NC)c1ccc(OC)c(C)c1. The van der Waals surface area contributed by atoms with Gasteiger partial charge < -0.3 is 10.1 Å². The second-order valence-corrected chi connectivity index (χ2v) is 4.82. The first kappa shape index (κ1) is 14.0. The van der Waals surface area contributed by atoms with Crippen molar-refractivity contribution >= 4 is 0 Å². The standard InChI is InChI=1S/C15H25NO/c1-6-11(2)9-14(16-4)13-7-8-15(17-5)12(3)10-13/h7-8,10-11,14,16H,6,9H2,1-5H3. The summed E-state index contributed by atoms with van der Waals surface area (Å²) in [5, 5.41) is 3.41. The lowest BCUT2D eigenvalue weighted by Crippen LogP contribution is -2.19. The van der Waals surface area contributed by atoms with Crippen molar-refractivity contribution in [1.29, 1.82) is 0 Å². The first-order valence-electron chi connectivity index (χ1n) is 6.44. The Morgan fingerprint density at radius 3 is 2.53 bits per heavy atom. The minimum Gasteiger partial charge on any atom is -0.496 e. The van der Waals surface area contributed by atoms with Crippen molar-refractivity contribution in [2.75, 3.05) is 14.2 Å². The van der Waals surface area contributed by atoms with Crippen LogP contribution in [0.25, 0.3) is 0 Å². The molecule has 2 atom stereocenters. The van der Waals surface area contributed by atoms with E-state index in [0.29, 0.717) is 6.04 Å². The largest absolute Gasteiger partial charge is 0.496 e. The lowest BCUT2D eigenvalue weighted by molar-refractivity contribution is 0.408. The number of rotatable bonds is 6. The molecule has 1 N–H and O–H groups in total. The number of hydrogen-bond acceptors (Lipinski definition) is 2. The van der Waals surface area contributed by atoms with E-state index in [0.717, 1.165) is 11.7 Å². The Bertz CT molecular complexity index is 349. The van der Waals surface area contributed by atoms with Crippen molar-refractivity contribution in [2.24, 2.45) is 5.92 Å². The molecule has 0 saturated heterocycles. The van der Waals surface area contributed by atoms with E-state index in [2.05, 4.69) is 44.3 Å². The molecule has 1 aromatic carbocycles. The minimum absolute atomic E-state index is 0.439. The molecule has 0 bridgehead atoms. The molecule has 0 heterocycles. The molecule has 96 valence electrons. The third kappa shape index (κ3) is 3.74. The highest BCUT2D eigenvalue weighted by Gasteiger charge is 2.13. The van der Waals surface area contributed by atoms with Crippen LogP contribution in [0.15, 0.2) is 18.2 Å². The lowest BCUT2D eigenvalue weighted by atomic mass is 9.93. The fourth-order valence-corrected chi connectivity index (χ4v) is 2.11. The van der Waals surface area contributed by atoms with Crippen molar-refractivity contribution in [2.45, 2.75) is 39.7 Å². The Labute approximate surface area is 105 Å². The molecule has 2 nitrogen and oxygen atoms in total. The maximum atomic E-state index is 5.30. The van der Waals surface area contributed by atoms with Crippen LogP contribution >= 0.6 is 0 Å². The molecule has 2 unspecified atom stereocenters. The zero-order valence-corrected chi connectivity index (χ0v) is 11.7. The molecule has 0 aliphatic carbocycles. The summed E-state index contributed by atoms with van der Waals surface area (Å²) in [6, 6.07) is 6.89. The van der Waals surface area contributed by atoms with Gasteiger partial charge >= 0.3 is 0 Å². The summed E-state index contributed by atoms with van der Waals surface area (Å²) in [5.74, 6) is 1.71. The molecule has 0 spiro atoms. The van der Waals surface area contributed by atoms with E-state index in [9.17, 15) is 0 Å². The average Bonchev–Trinajstić information content (AvgIpc) is 2.35. The van der Waals surface area contributed by atoms with Crippen LogP contribution in [0.4, 0.5) is 0 Å². The predicted molar refractivity (Wildman–Crippen MR) is 73.6 cm³/mol. The van der Waals surface area contributed by atoms with Crippen LogP contribution in [-0.2, 0) is 0 Å². The third-order valence-electron chi connectivity index (χ3n) is 3.50. The lowest BCUT2D eigenvalue weighted by Gasteiger charge is -2.21. The van der Waals surface area contributed by atoms with Gasteiger partial charge in [-0.1, -0.05) is 32.4 Å². The Balaban J connectivity index is 2.85. The maximum Gasteiger partial charge on any atom is 0.121 e. The molecule has 0 aliphatic heterocycles. The maximum absolute atomic E-state index is 5.30. The molecular formula is C15H25NO. The number of aryl methyl sites for hydroxylation is 1. The van der Waals surface area contributed by atoms with Gasteiger partial charge in [0.2, 0.25) is 0 Å². The highest BCUT2D eigenvalue weighted by molar-refractivity contribution is 5.37. The molecular weight excluding hydrogens is 210 g/mol. The van der Waals surface area contributed by atoms with E-state index < -0.39 is 0 Å². The van der Waals surface area contributed by atoms with Crippen molar-refractivity contribution in [3.63, 3.8) is 0 Å². The minimum atomic E-state index is 0.439. The van der Waals surface area contributed by atoms with Crippen molar-refractivity contribution in [1.82, 2.24) is 5.32 Å². The van der Waals surface area contributed by atoms with Crippen molar-refractivity contribution < 1.29 is 4.74 Å². The normalized spacial score (nSPS) is 14.4. The van der Waals surface area contributed by atoms with E-state index in [1.165, 1.54) is 24.0 Å². The van der Waals surface area contributed by atoms with Crippen LogP contribution in [0.1, 0.15) is 43.9 Å². The van der Waals surface area contributed by atoms with Crippen LogP contribution < -0.4 is 10.1 Å². The van der Waals surface area contributed by atoms with Gasteiger partial charge in [0.25, 0.3) is 0 Å². The van der Waals surface area contributed by atoms with Gasteiger partial charge in [-0.05, 0) is 43.5 Å². The van der Waals surface area contributed by atoms with Gasteiger partial charge in [0.1, 0.15) is 5.75 Å². The van der Waals surface area contributed by atoms with Gasteiger partial charge in [-0.3, -0.25) is 0 Å². The predicted octanol–water partition coefficient (Wildman–Crippen LogP) is 3.70. The number of nitrogens with one attached hydrogen (secondary N) is 1. The van der Waals surface area contributed by atoms with Crippen molar-refractivity contribution in [3.05, 3.63) is 29.3 Å². The summed E-state index contributed by atoms with van der Waals surface area (Å²) in [7, 11) is 3.75. The quantitative estimate of drug-likeness (QED) is 0.811. The van der Waals surface area contributed by atoms with Crippen LogP contribution in [-0.4, -0.2) is 14.2 Å². The topological polar surface area (TPSA) is 21.3 Å². The van der Waals surface area contributed by atoms with Crippen LogP contribution in [0.2, 0.25) is 0 Å². The Morgan fingerprint density at radius 1 is 1.35 bits per heavy atom.